The second-order valence-corrected chi connectivity index (χ2v) is 6.85. The number of hydrogen-bond donors (Lipinski definition) is 1. The Labute approximate surface area is 148 Å². The SMILES string of the molecule is CCOC(=O)c1cnc2ccc(C)cc2c1N1CCCC(C(C)O)C1. The summed E-state index contributed by atoms with van der Waals surface area (Å²) in [4.78, 5) is 19.2. The van der Waals surface area contributed by atoms with Crippen LogP contribution in [0, 0.1) is 12.8 Å². The molecule has 3 rings (SSSR count). The molecule has 25 heavy (non-hydrogen) atoms. The first-order valence-electron chi connectivity index (χ1n) is 9.00. The number of carbonyl (C=O) groups is 1. The molecule has 2 aromatic rings. The summed E-state index contributed by atoms with van der Waals surface area (Å²) >= 11 is 0. The molecule has 1 aliphatic heterocycles. The van der Waals surface area contributed by atoms with E-state index in [0.29, 0.717) is 12.2 Å². The zero-order valence-electron chi connectivity index (χ0n) is 15.2. The minimum Gasteiger partial charge on any atom is -0.462 e. The van der Waals surface area contributed by atoms with Crippen molar-refractivity contribution in [1.82, 2.24) is 4.98 Å². The number of aliphatic hydroxyl groups excluding tert-OH is 1. The second-order valence-electron chi connectivity index (χ2n) is 6.85. The molecule has 1 N–H and O–H groups in total. The van der Waals surface area contributed by atoms with Crippen LogP contribution in [0.4, 0.5) is 5.69 Å². The van der Waals surface area contributed by atoms with Gasteiger partial charge in [-0.05, 0) is 45.7 Å². The predicted molar refractivity (Wildman–Crippen MR) is 99.1 cm³/mol. The molecule has 2 unspecified atom stereocenters. The van der Waals surface area contributed by atoms with Crippen LogP contribution >= 0.6 is 0 Å². The lowest BCUT2D eigenvalue weighted by Crippen LogP contribution is -2.40. The summed E-state index contributed by atoms with van der Waals surface area (Å²) in [6, 6.07) is 6.09. The zero-order valence-corrected chi connectivity index (χ0v) is 15.2. The van der Waals surface area contributed by atoms with Crippen LogP contribution in [-0.4, -0.2) is 41.9 Å². The first-order valence-corrected chi connectivity index (χ1v) is 9.00. The Balaban J connectivity index is 2.13. The molecule has 1 aromatic carbocycles. The summed E-state index contributed by atoms with van der Waals surface area (Å²) in [5.41, 5.74) is 3.39. The number of aromatic nitrogens is 1. The Bertz CT molecular complexity index is 773. The lowest BCUT2D eigenvalue weighted by Gasteiger charge is -2.37. The van der Waals surface area contributed by atoms with Gasteiger partial charge in [-0.25, -0.2) is 4.79 Å². The van der Waals surface area contributed by atoms with E-state index in [1.165, 1.54) is 0 Å². The van der Waals surface area contributed by atoms with Crippen LogP contribution in [0.15, 0.2) is 24.4 Å². The summed E-state index contributed by atoms with van der Waals surface area (Å²) in [7, 11) is 0. The molecular weight excluding hydrogens is 316 g/mol. The molecule has 1 fully saturated rings. The smallest absolute Gasteiger partial charge is 0.341 e. The fourth-order valence-electron chi connectivity index (χ4n) is 3.60. The maximum absolute atomic E-state index is 12.5. The van der Waals surface area contributed by atoms with Crippen LogP contribution in [0.2, 0.25) is 0 Å². The number of anilines is 1. The van der Waals surface area contributed by atoms with E-state index in [9.17, 15) is 9.90 Å². The molecule has 5 heteroatoms. The van der Waals surface area contributed by atoms with E-state index < -0.39 is 0 Å². The van der Waals surface area contributed by atoms with Gasteiger partial charge in [0.2, 0.25) is 0 Å². The van der Waals surface area contributed by atoms with Crippen molar-refractivity contribution in [1.29, 1.82) is 0 Å². The van der Waals surface area contributed by atoms with Crippen LogP contribution in [0.3, 0.4) is 0 Å². The molecule has 1 saturated heterocycles. The highest BCUT2D eigenvalue weighted by Crippen LogP contribution is 2.34. The first kappa shape index (κ1) is 17.7. The molecule has 134 valence electrons. The number of fused-ring (bicyclic) bond motifs is 1. The third kappa shape index (κ3) is 3.61. The van der Waals surface area contributed by atoms with Gasteiger partial charge in [0.15, 0.2) is 0 Å². The number of rotatable bonds is 4. The fraction of sp³-hybridized carbons (Fsp3) is 0.500. The van der Waals surface area contributed by atoms with E-state index in [1.54, 1.807) is 13.1 Å². The number of ether oxygens (including phenoxy) is 1. The van der Waals surface area contributed by atoms with E-state index in [-0.39, 0.29) is 18.0 Å². The average Bonchev–Trinajstić information content (AvgIpc) is 2.60. The van der Waals surface area contributed by atoms with Crippen molar-refractivity contribution in [2.45, 2.75) is 39.7 Å². The normalized spacial score (nSPS) is 19.0. The van der Waals surface area contributed by atoms with Gasteiger partial charge in [-0.2, -0.15) is 0 Å². The third-order valence-corrected chi connectivity index (χ3v) is 4.95. The molecule has 0 amide bonds. The Morgan fingerprint density at radius 2 is 2.28 bits per heavy atom. The number of esters is 1. The molecule has 5 nitrogen and oxygen atoms in total. The Morgan fingerprint density at radius 1 is 1.48 bits per heavy atom. The molecule has 0 aliphatic carbocycles. The lowest BCUT2D eigenvalue weighted by molar-refractivity contribution is 0.0526. The molecule has 2 atom stereocenters. The molecule has 0 bridgehead atoms. The number of benzene rings is 1. The number of pyridine rings is 1. The van der Waals surface area contributed by atoms with E-state index in [1.807, 2.05) is 26.0 Å². The van der Waals surface area contributed by atoms with Crippen molar-refractivity contribution < 1.29 is 14.6 Å². The van der Waals surface area contributed by atoms with Crippen LogP contribution in [0.1, 0.15) is 42.6 Å². The summed E-state index contributed by atoms with van der Waals surface area (Å²) in [6.45, 7) is 7.62. The molecule has 1 aliphatic rings. The van der Waals surface area contributed by atoms with Crippen LogP contribution in [-0.2, 0) is 4.74 Å². The van der Waals surface area contributed by atoms with E-state index in [0.717, 1.165) is 48.1 Å². The maximum atomic E-state index is 12.5. The molecule has 0 radical (unpaired) electrons. The highest BCUT2D eigenvalue weighted by Gasteiger charge is 2.28. The second kappa shape index (κ2) is 7.40. The Morgan fingerprint density at radius 3 is 3.00 bits per heavy atom. The monoisotopic (exact) mass is 342 g/mol. The average molecular weight is 342 g/mol. The van der Waals surface area contributed by atoms with Gasteiger partial charge < -0.3 is 14.7 Å². The minimum atomic E-state index is -0.358. The van der Waals surface area contributed by atoms with E-state index in [2.05, 4.69) is 16.0 Å². The Kier molecular flexibility index (Phi) is 5.23. The van der Waals surface area contributed by atoms with Crippen LogP contribution < -0.4 is 4.90 Å². The fourth-order valence-corrected chi connectivity index (χ4v) is 3.60. The topological polar surface area (TPSA) is 62.7 Å². The quantitative estimate of drug-likeness (QED) is 0.864. The minimum absolute atomic E-state index is 0.205. The van der Waals surface area contributed by atoms with Crippen molar-refractivity contribution in [3.63, 3.8) is 0 Å². The van der Waals surface area contributed by atoms with Gasteiger partial charge in [0, 0.05) is 30.6 Å². The zero-order chi connectivity index (χ0) is 18.0. The Hall–Kier alpha value is -2.14. The first-order chi connectivity index (χ1) is 12.0. The van der Waals surface area contributed by atoms with Crippen LogP contribution in [0.5, 0.6) is 0 Å². The van der Waals surface area contributed by atoms with E-state index in [4.69, 9.17) is 4.74 Å². The van der Waals surface area contributed by atoms with Crippen molar-refractivity contribution in [2.75, 3.05) is 24.6 Å². The van der Waals surface area contributed by atoms with Crippen molar-refractivity contribution >= 4 is 22.6 Å². The highest BCUT2D eigenvalue weighted by molar-refractivity contribution is 6.05. The van der Waals surface area contributed by atoms with Gasteiger partial charge in [-0.1, -0.05) is 11.6 Å². The summed E-state index contributed by atoms with van der Waals surface area (Å²) in [6.07, 6.45) is 3.26. The lowest BCUT2D eigenvalue weighted by atomic mass is 9.92. The van der Waals surface area contributed by atoms with Crippen molar-refractivity contribution in [3.05, 3.63) is 35.5 Å². The highest BCUT2D eigenvalue weighted by atomic mass is 16.5. The molecule has 0 spiro atoms. The maximum Gasteiger partial charge on any atom is 0.341 e. The molecule has 2 heterocycles. The molecule has 0 saturated carbocycles. The number of aryl methyl sites for hydroxylation is 1. The van der Waals surface area contributed by atoms with Crippen LogP contribution in [0.25, 0.3) is 10.9 Å². The van der Waals surface area contributed by atoms with E-state index >= 15 is 0 Å². The predicted octanol–water partition coefficient (Wildman–Crippen LogP) is 3.32. The van der Waals surface area contributed by atoms with Gasteiger partial charge in [0.25, 0.3) is 0 Å². The van der Waals surface area contributed by atoms with Gasteiger partial charge >= 0.3 is 5.97 Å². The third-order valence-electron chi connectivity index (χ3n) is 4.95. The summed E-state index contributed by atoms with van der Waals surface area (Å²) in [5, 5.41) is 11.0. The number of aliphatic hydroxyl groups is 1. The number of piperidine rings is 1. The van der Waals surface area contributed by atoms with Gasteiger partial charge in [-0.15, -0.1) is 0 Å². The number of nitrogens with zero attached hydrogens (tertiary/aromatic N) is 2. The van der Waals surface area contributed by atoms with Gasteiger partial charge in [0.1, 0.15) is 5.56 Å². The number of hydrogen-bond acceptors (Lipinski definition) is 5. The van der Waals surface area contributed by atoms with Crippen molar-refractivity contribution in [2.24, 2.45) is 5.92 Å². The molecule has 1 aromatic heterocycles. The standard InChI is InChI=1S/C20H26N2O3/c1-4-25-20(24)17-11-21-18-8-7-13(2)10-16(18)19(17)22-9-5-6-15(12-22)14(3)23/h7-8,10-11,14-15,23H,4-6,9,12H2,1-3H3. The number of carbonyl (C=O) groups excluding carboxylic acids is 1. The summed E-state index contributed by atoms with van der Waals surface area (Å²) < 4.78 is 5.26. The molecular formula is C20H26N2O3. The van der Waals surface area contributed by atoms with Crippen molar-refractivity contribution in [3.8, 4) is 0 Å². The van der Waals surface area contributed by atoms with Gasteiger partial charge in [-0.3, -0.25) is 4.98 Å². The summed E-state index contributed by atoms with van der Waals surface area (Å²) in [5.74, 6) is -0.135. The van der Waals surface area contributed by atoms with Gasteiger partial charge in [0.05, 0.1) is 23.9 Å². The largest absolute Gasteiger partial charge is 0.462 e.